The van der Waals surface area contributed by atoms with Crippen molar-refractivity contribution in [2.45, 2.75) is 148 Å². The van der Waals surface area contributed by atoms with Crippen LogP contribution in [0.2, 0.25) is 0 Å². The van der Waals surface area contributed by atoms with Crippen LogP contribution in [-0.2, 0) is 4.79 Å². The van der Waals surface area contributed by atoms with E-state index >= 15 is 0 Å². The first-order chi connectivity index (χ1) is 14.2. The van der Waals surface area contributed by atoms with Crippen molar-refractivity contribution < 1.29 is 44.6 Å². The number of hydrogen-bond donors (Lipinski definition) is 1. The molecule has 0 radical (unpaired) electrons. The van der Waals surface area contributed by atoms with Crippen molar-refractivity contribution in [1.82, 2.24) is 0 Å². The van der Waals surface area contributed by atoms with Gasteiger partial charge in [-0.2, -0.15) is 0 Å². The molecular formula is C26H49NaO3. The van der Waals surface area contributed by atoms with Crippen molar-refractivity contribution in [2.75, 3.05) is 0 Å². The summed E-state index contributed by atoms with van der Waals surface area (Å²) in [6, 6.07) is 0. The fraction of sp³-hybridized carbons (Fsp3) is 0.885. The van der Waals surface area contributed by atoms with E-state index < -0.39 is 5.97 Å². The fourth-order valence-electron chi connectivity index (χ4n) is 3.82. The zero-order chi connectivity index (χ0) is 21.4. The third-order valence-corrected chi connectivity index (χ3v) is 5.77. The molecule has 0 aromatic carbocycles. The van der Waals surface area contributed by atoms with E-state index in [1.807, 2.05) is 0 Å². The van der Waals surface area contributed by atoms with Gasteiger partial charge in [0.05, 0.1) is 5.76 Å². The molecule has 1 N–H and O–H groups in total. The molecule has 0 aromatic rings. The second-order valence-corrected chi connectivity index (χ2v) is 8.72. The summed E-state index contributed by atoms with van der Waals surface area (Å²) in [6.07, 6.45) is 28.8. The van der Waals surface area contributed by atoms with Gasteiger partial charge in [0.2, 0.25) is 0 Å². The Kier molecular flexibility index (Phi) is 29.0. The molecule has 0 aliphatic heterocycles. The number of carboxylic acid groups (broad SMARTS) is 1. The average Bonchev–Trinajstić information content (AvgIpc) is 2.70. The van der Waals surface area contributed by atoms with E-state index in [2.05, 4.69) is 6.92 Å². The normalized spacial score (nSPS) is 11.4. The Balaban J connectivity index is 0. The summed E-state index contributed by atoms with van der Waals surface area (Å²) >= 11 is 0. The molecule has 4 heteroatoms. The van der Waals surface area contributed by atoms with Gasteiger partial charge >= 0.3 is 29.6 Å². The SMILES string of the molecule is CCCCCCCCCCCCCCCCCCCCCC=C(O)CCC(=O)[O-].[Na+]. The molecule has 0 atom stereocenters. The third-order valence-electron chi connectivity index (χ3n) is 5.77. The Hall–Kier alpha value is 0.0100. The molecule has 0 aromatic heterocycles. The van der Waals surface area contributed by atoms with E-state index in [0.29, 0.717) is 0 Å². The Morgan fingerprint density at radius 1 is 0.633 bits per heavy atom. The number of unbranched alkanes of at least 4 members (excludes halogenated alkanes) is 19. The number of aliphatic hydroxyl groups is 1. The van der Waals surface area contributed by atoms with Crippen molar-refractivity contribution in [2.24, 2.45) is 0 Å². The fourth-order valence-corrected chi connectivity index (χ4v) is 3.82. The monoisotopic (exact) mass is 432 g/mol. The Labute approximate surface area is 209 Å². The number of carbonyl (C=O) groups is 1. The minimum absolute atomic E-state index is 0. The van der Waals surface area contributed by atoms with Gasteiger partial charge in [-0.15, -0.1) is 0 Å². The van der Waals surface area contributed by atoms with Crippen LogP contribution in [0.25, 0.3) is 0 Å². The van der Waals surface area contributed by atoms with Gasteiger partial charge in [-0.05, 0) is 25.3 Å². The molecule has 0 saturated heterocycles. The van der Waals surface area contributed by atoms with Crippen LogP contribution >= 0.6 is 0 Å². The van der Waals surface area contributed by atoms with Crippen LogP contribution < -0.4 is 34.7 Å². The molecule has 0 unspecified atom stereocenters. The molecule has 0 amide bonds. The van der Waals surface area contributed by atoms with Gasteiger partial charge in [0, 0.05) is 12.4 Å². The van der Waals surface area contributed by atoms with Crippen LogP contribution in [0.1, 0.15) is 148 Å². The van der Waals surface area contributed by atoms with Crippen LogP contribution in [0.3, 0.4) is 0 Å². The maximum Gasteiger partial charge on any atom is 1.00 e. The van der Waals surface area contributed by atoms with Gasteiger partial charge in [0.1, 0.15) is 0 Å². The molecule has 0 rings (SSSR count). The van der Waals surface area contributed by atoms with Crippen molar-refractivity contribution in [3.63, 3.8) is 0 Å². The van der Waals surface area contributed by atoms with Crippen LogP contribution in [-0.4, -0.2) is 11.1 Å². The Morgan fingerprint density at radius 3 is 1.30 bits per heavy atom. The van der Waals surface area contributed by atoms with Gasteiger partial charge in [-0.3, -0.25) is 0 Å². The minimum Gasteiger partial charge on any atom is -0.550 e. The van der Waals surface area contributed by atoms with Gasteiger partial charge in [-0.1, -0.05) is 122 Å². The number of hydrogen-bond acceptors (Lipinski definition) is 3. The predicted molar refractivity (Wildman–Crippen MR) is 123 cm³/mol. The van der Waals surface area contributed by atoms with Crippen LogP contribution in [0.15, 0.2) is 11.8 Å². The summed E-state index contributed by atoms with van der Waals surface area (Å²) in [7, 11) is 0. The van der Waals surface area contributed by atoms with Crippen molar-refractivity contribution >= 4 is 5.97 Å². The number of carboxylic acids is 1. The number of allylic oxidation sites excluding steroid dienone is 2. The van der Waals surface area contributed by atoms with E-state index in [1.54, 1.807) is 6.08 Å². The number of aliphatic carboxylic acids is 1. The summed E-state index contributed by atoms with van der Waals surface area (Å²) in [5.74, 6) is -0.912. The summed E-state index contributed by atoms with van der Waals surface area (Å²) in [5, 5.41) is 19.8. The van der Waals surface area contributed by atoms with E-state index in [-0.39, 0.29) is 48.2 Å². The van der Waals surface area contributed by atoms with Crippen LogP contribution in [0.5, 0.6) is 0 Å². The first-order valence-corrected chi connectivity index (χ1v) is 12.7. The van der Waals surface area contributed by atoms with Crippen LogP contribution in [0, 0.1) is 0 Å². The van der Waals surface area contributed by atoms with E-state index in [4.69, 9.17) is 0 Å². The number of aliphatic hydroxyl groups excluding tert-OH is 1. The smallest absolute Gasteiger partial charge is 0.550 e. The standard InChI is InChI=1S/C26H50O3.Na/c1-2-3-4-5-6-7-8-9-10-11-12-13-14-15-16-17-18-19-20-21-22-25(27)23-24-26(28)29;/h22,27H,2-21,23-24H2,1H3,(H,28,29);/q;+1/p-1. The second-order valence-electron chi connectivity index (χ2n) is 8.72. The maximum atomic E-state index is 10.3. The van der Waals surface area contributed by atoms with Gasteiger partial charge in [0.15, 0.2) is 0 Å². The molecule has 0 spiro atoms. The van der Waals surface area contributed by atoms with Crippen molar-refractivity contribution in [3.05, 3.63) is 11.8 Å². The second kappa shape index (κ2) is 27.0. The van der Waals surface area contributed by atoms with Crippen molar-refractivity contribution in [1.29, 1.82) is 0 Å². The maximum absolute atomic E-state index is 10.3. The zero-order valence-electron chi connectivity index (χ0n) is 20.4. The average molecular weight is 433 g/mol. The number of rotatable bonds is 23. The molecule has 0 fully saturated rings. The Morgan fingerprint density at radius 2 is 0.967 bits per heavy atom. The van der Waals surface area contributed by atoms with E-state index in [0.717, 1.165) is 12.8 Å². The zero-order valence-corrected chi connectivity index (χ0v) is 22.4. The molecule has 0 bridgehead atoms. The van der Waals surface area contributed by atoms with Gasteiger partial charge in [-0.25, -0.2) is 0 Å². The predicted octanol–water partition coefficient (Wildman–Crippen LogP) is 4.78. The summed E-state index contributed by atoms with van der Waals surface area (Å²) in [6.45, 7) is 2.28. The molecule has 0 heterocycles. The van der Waals surface area contributed by atoms with Gasteiger partial charge in [0.25, 0.3) is 0 Å². The topological polar surface area (TPSA) is 60.4 Å². The first kappa shape index (κ1) is 32.2. The summed E-state index contributed by atoms with van der Waals surface area (Å²) in [5.41, 5.74) is 0. The van der Waals surface area contributed by atoms with Crippen molar-refractivity contribution in [3.8, 4) is 0 Å². The molecule has 30 heavy (non-hydrogen) atoms. The largest absolute Gasteiger partial charge is 1.00 e. The minimum atomic E-state index is -1.10. The summed E-state index contributed by atoms with van der Waals surface area (Å²) in [4.78, 5) is 10.3. The molecule has 0 saturated carbocycles. The summed E-state index contributed by atoms with van der Waals surface area (Å²) < 4.78 is 0. The molecule has 172 valence electrons. The van der Waals surface area contributed by atoms with E-state index in [1.165, 1.54) is 116 Å². The van der Waals surface area contributed by atoms with Crippen LogP contribution in [0.4, 0.5) is 0 Å². The molecule has 3 nitrogen and oxygen atoms in total. The molecule has 0 aliphatic carbocycles. The Bertz CT molecular complexity index is 382. The quantitative estimate of drug-likeness (QED) is 0.144. The molecular weight excluding hydrogens is 383 g/mol. The third kappa shape index (κ3) is 28.0. The van der Waals surface area contributed by atoms with E-state index in [9.17, 15) is 15.0 Å². The number of carbonyl (C=O) groups excluding carboxylic acids is 1. The molecule has 0 aliphatic rings. The van der Waals surface area contributed by atoms with Gasteiger partial charge < -0.3 is 15.0 Å². The first-order valence-electron chi connectivity index (χ1n) is 12.7.